The van der Waals surface area contributed by atoms with Gasteiger partial charge in [0.25, 0.3) is 0 Å². The lowest BCUT2D eigenvalue weighted by atomic mass is 9.97. The molecule has 7 nitrogen and oxygen atoms in total. The van der Waals surface area contributed by atoms with Gasteiger partial charge in [-0.15, -0.1) is 0 Å². The van der Waals surface area contributed by atoms with Crippen LogP contribution in [0.1, 0.15) is 0 Å². The Bertz CT molecular complexity index is 271. The first-order valence-corrected chi connectivity index (χ1v) is 4.74. The van der Waals surface area contributed by atoms with Crippen molar-refractivity contribution in [3.8, 4) is 0 Å². The average Bonchev–Trinajstić information content (AvgIpc) is 2.28. The van der Waals surface area contributed by atoms with Crippen molar-refractivity contribution in [1.82, 2.24) is 5.32 Å². The molecule has 0 bridgehead atoms. The van der Waals surface area contributed by atoms with E-state index in [-0.39, 0.29) is 0 Å². The van der Waals surface area contributed by atoms with Crippen LogP contribution in [0.3, 0.4) is 0 Å². The smallest absolute Gasteiger partial charge is 0.243 e. The zero-order valence-electron chi connectivity index (χ0n) is 8.48. The molecule has 1 aliphatic rings. The third kappa shape index (κ3) is 2.57. The Morgan fingerprint density at radius 2 is 2.00 bits per heavy atom. The molecule has 1 rings (SSSR count). The molecule has 7 heteroatoms. The SMILES string of the molecule is C=CC(=O)NC1C(O)[C@H](O)C(CO)O[C@H]1O. The molecule has 0 aromatic heterocycles. The fourth-order valence-electron chi connectivity index (χ4n) is 1.48. The predicted octanol–water partition coefficient (Wildman–Crippen LogP) is -2.91. The standard InChI is InChI=1S/C9H15NO6/c1-2-5(12)10-6-8(14)7(13)4(3-11)16-9(6)15/h2,4,6-9,11,13-15H,1,3H2,(H,10,12)/t4?,6?,7-,8?,9-/m1/s1. The monoisotopic (exact) mass is 233 g/mol. The molecule has 1 amide bonds. The Kier molecular flexibility index (Phi) is 4.39. The molecule has 5 atom stereocenters. The molecule has 1 aliphatic heterocycles. The Hall–Kier alpha value is -0.990. The van der Waals surface area contributed by atoms with Crippen LogP contribution in [-0.2, 0) is 9.53 Å². The van der Waals surface area contributed by atoms with Crippen LogP contribution in [0.15, 0.2) is 12.7 Å². The average molecular weight is 233 g/mol. The van der Waals surface area contributed by atoms with Gasteiger partial charge in [0.15, 0.2) is 6.29 Å². The molecule has 0 spiro atoms. The van der Waals surface area contributed by atoms with Crippen molar-refractivity contribution in [2.24, 2.45) is 0 Å². The summed E-state index contributed by atoms with van der Waals surface area (Å²) in [5.74, 6) is -0.610. The van der Waals surface area contributed by atoms with E-state index < -0.39 is 43.2 Å². The van der Waals surface area contributed by atoms with E-state index in [0.29, 0.717) is 0 Å². The Morgan fingerprint density at radius 3 is 2.50 bits per heavy atom. The second-order valence-corrected chi connectivity index (χ2v) is 3.47. The van der Waals surface area contributed by atoms with Gasteiger partial charge in [-0.25, -0.2) is 0 Å². The highest BCUT2D eigenvalue weighted by Gasteiger charge is 2.43. The number of aliphatic hydroxyl groups excluding tert-OH is 4. The van der Waals surface area contributed by atoms with Gasteiger partial charge in [-0.3, -0.25) is 4.79 Å². The minimum absolute atomic E-state index is 0.544. The van der Waals surface area contributed by atoms with Crippen LogP contribution in [0.4, 0.5) is 0 Å². The number of nitrogens with one attached hydrogen (secondary N) is 1. The summed E-state index contributed by atoms with van der Waals surface area (Å²) in [5, 5.41) is 39.6. The van der Waals surface area contributed by atoms with Crippen molar-refractivity contribution < 1.29 is 30.0 Å². The Morgan fingerprint density at radius 1 is 1.38 bits per heavy atom. The van der Waals surface area contributed by atoms with Crippen molar-refractivity contribution in [3.05, 3.63) is 12.7 Å². The van der Waals surface area contributed by atoms with Crippen molar-refractivity contribution in [2.45, 2.75) is 30.6 Å². The van der Waals surface area contributed by atoms with Gasteiger partial charge in [0.2, 0.25) is 5.91 Å². The zero-order valence-corrected chi connectivity index (χ0v) is 8.48. The van der Waals surface area contributed by atoms with Gasteiger partial charge in [-0.2, -0.15) is 0 Å². The maximum absolute atomic E-state index is 11.0. The predicted molar refractivity (Wildman–Crippen MR) is 52.1 cm³/mol. The summed E-state index contributed by atoms with van der Waals surface area (Å²) in [6.07, 6.45) is -4.43. The fraction of sp³-hybridized carbons (Fsp3) is 0.667. The lowest BCUT2D eigenvalue weighted by Gasteiger charge is -2.40. The first-order chi connectivity index (χ1) is 7.51. The molecule has 1 saturated heterocycles. The number of hydrogen-bond donors (Lipinski definition) is 5. The van der Waals surface area contributed by atoms with Crippen molar-refractivity contribution in [3.63, 3.8) is 0 Å². The molecule has 5 N–H and O–H groups in total. The lowest BCUT2D eigenvalue weighted by molar-refractivity contribution is -0.253. The third-order valence-corrected chi connectivity index (χ3v) is 2.39. The second-order valence-electron chi connectivity index (χ2n) is 3.47. The molecule has 0 aliphatic carbocycles. The number of aliphatic hydroxyl groups is 4. The topological polar surface area (TPSA) is 119 Å². The number of rotatable bonds is 3. The highest BCUT2D eigenvalue weighted by Crippen LogP contribution is 2.19. The lowest BCUT2D eigenvalue weighted by Crippen LogP contribution is -2.64. The fourth-order valence-corrected chi connectivity index (χ4v) is 1.48. The maximum Gasteiger partial charge on any atom is 0.243 e. The van der Waals surface area contributed by atoms with Crippen LogP contribution in [0.5, 0.6) is 0 Å². The summed E-state index contributed by atoms with van der Waals surface area (Å²) in [7, 11) is 0. The van der Waals surface area contributed by atoms with Gasteiger partial charge in [-0.05, 0) is 6.08 Å². The normalized spacial score (nSPS) is 39.1. The summed E-state index contributed by atoms with van der Waals surface area (Å²) in [4.78, 5) is 11.0. The quantitative estimate of drug-likeness (QED) is 0.333. The molecule has 0 radical (unpaired) electrons. The number of carbonyl (C=O) groups is 1. The Labute approximate surface area is 92.0 Å². The van der Waals surface area contributed by atoms with E-state index in [2.05, 4.69) is 11.9 Å². The molecule has 16 heavy (non-hydrogen) atoms. The van der Waals surface area contributed by atoms with Gasteiger partial charge in [0, 0.05) is 0 Å². The van der Waals surface area contributed by atoms with Crippen LogP contribution in [-0.4, -0.2) is 63.6 Å². The first kappa shape index (κ1) is 13.1. The van der Waals surface area contributed by atoms with Gasteiger partial charge >= 0.3 is 0 Å². The molecule has 3 unspecified atom stereocenters. The maximum atomic E-state index is 11.0. The van der Waals surface area contributed by atoms with E-state index in [1.807, 2.05) is 0 Å². The molecule has 0 saturated carbocycles. The summed E-state index contributed by atoms with van der Waals surface area (Å²) < 4.78 is 4.82. The third-order valence-electron chi connectivity index (χ3n) is 2.39. The van der Waals surface area contributed by atoms with Gasteiger partial charge in [-0.1, -0.05) is 6.58 Å². The number of ether oxygens (including phenoxy) is 1. The van der Waals surface area contributed by atoms with E-state index in [1.165, 1.54) is 0 Å². The molecule has 1 heterocycles. The highest BCUT2D eigenvalue weighted by atomic mass is 16.6. The molecular weight excluding hydrogens is 218 g/mol. The molecule has 1 fully saturated rings. The molecule has 92 valence electrons. The number of carbonyl (C=O) groups excluding carboxylic acids is 1. The summed E-state index contributed by atoms with van der Waals surface area (Å²) >= 11 is 0. The second kappa shape index (κ2) is 5.37. The van der Waals surface area contributed by atoms with Crippen molar-refractivity contribution in [2.75, 3.05) is 6.61 Å². The minimum atomic E-state index is -1.50. The van der Waals surface area contributed by atoms with Gasteiger partial charge in [0.1, 0.15) is 24.4 Å². The van der Waals surface area contributed by atoms with Gasteiger partial charge < -0.3 is 30.5 Å². The summed E-state index contributed by atoms with van der Waals surface area (Å²) in [6, 6.07) is -1.16. The first-order valence-electron chi connectivity index (χ1n) is 4.74. The van der Waals surface area contributed by atoms with Crippen LogP contribution in [0.25, 0.3) is 0 Å². The summed E-state index contributed by atoms with van der Waals surface area (Å²) in [6.45, 7) is 2.66. The van der Waals surface area contributed by atoms with E-state index in [0.717, 1.165) is 6.08 Å². The van der Waals surface area contributed by atoms with E-state index in [9.17, 15) is 20.1 Å². The van der Waals surface area contributed by atoms with E-state index in [1.54, 1.807) is 0 Å². The van der Waals surface area contributed by atoms with Gasteiger partial charge in [0.05, 0.1) is 6.61 Å². The largest absolute Gasteiger partial charge is 0.394 e. The van der Waals surface area contributed by atoms with E-state index in [4.69, 9.17) is 9.84 Å². The molecular formula is C9H15NO6. The number of amides is 1. The van der Waals surface area contributed by atoms with Crippen molar-refractivity contribution in [1.29, 1.82) is 0 Å². The minimum Gasteiger partial charge on any atom is -0.394 e. The Balaban J connectivity index is 2.71. The summed E-state index contributed by atoms with van der Waals surface area (Å²) in [5.41, 5.74) is 0. The van der Waals surface area contributed by atoms with Crippen LogP contribution >= 0.6 is 0 Å². The zero-order chi connectivity index (χ0) is 12.3. The molecule has 0 aromatic rings. The van der Waals surface area contributed by atoms with Crippen LogP contribution in [0, 0.1) is 0 Å². The highest BCUT2D eigenvalue weighted by molar-refractivity contribution is 5.87. The van der Waals surface area contributed by atoms with Crippen LogP contribution in [0.2, 0.25) is 0 Å². The van der Waals surface area contributed by atoms with Crippen molar-refractivity contribution >= 4 is 5.91 Å². The molecule has 0 aromatic carbocycles. The number of hydrogen-bond acceptors (Lipinski definition) is 6. The van der Waals surface area contributed by atoms with Crippen LogP contribution < -0.4 is 5.32 Å². The van der Waals surface area contributed by atoms with E-state index >= 15 is 0 Å².